The van der Waals surface area contributed by atoms with Crippen LogP contribution < -0.4 is 0 Å². The van der Waals surface area contributed by atoms with Crippen molar-refractivity contribution >= 4 is 35.1 Å². The summed E-state index contributed by atoms with van der Waals surface area (Å²) in [5.41, 5.74) is 10.6. The van der Waals surface area contributed by atoms with Crippen molar-refractivity contribution in [3.63, 3.8) is 0 Å². The first-order valence-corrected chi connectivity index (χ1v) is 30.0. The van der Waals surface area contributed by atoms with Crippen LogP contribution >= 0.6 is 17.0 Å². The molecule has 2 aliphatic carbocycles. The number of hydrogen-bond donors (Lipinski definition) is 0. The second-order valence-corrected chi connectivity index (χ2v) is 54.2. The van der Waals surface area contributed by atoms with Crippen molar-refractivity contribution in [3.8, 4) is 22.3 Å². The molecule has 0 radical (unpaired) electrons. The zero-order valence-corrected chi connectivity index (χ0v) is 28.1. The van der Waals surface area contributed by atoms with Gasteiger partial charge in [-0.15, -0.1) is 0 Å². The molecule has 0 saturated heterocycles. The molecule has 6 rings (SSSR count). The van der Waals surface area contributed by atoms with E-state index in [4.69, 9.17) is 17.0 Å². The zero-order valence-electron chi connectivity index (χ0n) is 23.0. The van der Waals surface area contributed by atoms with Crippen molar-refractivity contribution in [3.05, 3.63) is 130 Å². The summed E-state index contributed by atoms with van der Waals surface area (Å²) in [6.07, 6.45) is 4.46. The van der Waals surface area contributed by atoms with Crippen LogP contribution in [0.5, 0.6) is 0 Å². The number of rotatable bonds is 5. The SMILES string of the molecule is CC1=Cc2c(-c3cccc(F)c3)cccc2[CH]1[Zr]([Cl])([Cl])([CH]1C(C)=Cc2c(-c3cccc(F)c3)cccc21)[SiH](C)C. The summed E-state index contributed by atoms with van der Waals surface area (Å²) in [5.74, 6) is -2.18. The number of halogens is 4. The zero-order chi connectivity index (χ0) is 28.4. The van der Waals surface area contributed by atoms with Crippen molar-refractivity contribution < 1.29 is 24.3 Å². The minimum absolute atomic E-state index is 0.0444. The number of allylic oxidation sites excluding steroid dienone is 2. The van der Waals surface area contributed by atoms with E-state index in [2.05, 4.69) is 75.5 Å². The van der Waals surface area contributed by atoms with Gasteiger partial charge in [0.1, 0.15) is 0 Å². The average molecular weight is 668 g/mol. The van der Waals surface area contributed by atoms with E-state index < -0.39 is 21.5 Å². The third-order valence-corrected chi connectivity index (χ3v) is 61.3. The van der Waals surface area contributed by atoms with Crippen LogP contribution in [-0.4, -0.2) is 5.92 Å². The topological polar surface area (TPSA) is 0 Å². The van der Waals surface area contributed by atoms with E-state index in [0.717, 1.165) is 33.4 Å². The van der Waals surface area contributed by atoms with Crippen LogP contribution in [0.4, 0.5) is 8.78 Å². The molecule has 0 heterocycles. The van der Waals surface area contributed by atoms with Gasteiger partial charge in [0, 0.05) is 0 Å². The van der Waals surface area contributed by atoms with Crippen molar-refractivity contribution in [2.75, 3.05) is 0 Å². The maximum absolute atomic E-state index is 14.2. The summed E-state index contributed by atoms with van der Waals surface area (Å²) in [4.78, 5) is 0. The van der Waals surface area contributed by atoms with Gasteiger partial charge in [-0.1, -0.05) is 0 Å². The Morgan fingerprint density at radius 3 is 1.40 bits per heavy atom. The van der Waals surface area contributed by atoms with Gasteiger partial charge >= 0.3 is 246 Å². The molecule has 0 aliphatic heterocycles. The Bertz CT molecular complexity index is 1620. The Balaban J connectivity index is 1.55. The Labute approximate surface area is 244 Å². The normalized spacial score (nSPS) is 19.1. The summed E-state index contributed by atoms with van der Waals surface area (Å²) in [7, 11) is 16.5. The van der Waals surface area contributed by atoms with Crippen LogP contribution in [0.25, 0.3) is 34.4 Å². The molecule has 0 spiro atoms. The Hall–Kier alpha value is -2.10. The Morgan fingerprint density at radius 2 is 1.02 bits per heavy atom. The fourth-order valence-corrected chi connectivity index (χ4v) is 40.1. The molecule has 6 heteroatoms. The summed E-state index contributed by atoms with van der Waals surface area (Å²) in [5, 5.41) is 0. The van der Waals surface area contributed by atoms with E-state index in [-0.39, 0.29) is 18.9 Å². The van der Waals surface area contributed by atoms with Crippen molar-refractivity contribution in [2.45, 2.75) is 34.2 Å². The van der Waals surface area contributed by atoms with Gasteiger partial charge in [0.05, 0.1) is 0 Å². The molecule has 0 saturated carbocycles. The van der Waals surface area contributed by atoms with Crippen molar-refractivity contribution in [2.24, 2.45) is 0 Å². The summed E-state index contributed by atoms with van der Waals surface area (Å²) >= 11 is -4.81. The van der Waals surface area contributed by atoms with Gasteiger partial charge in [0.2, 0.25) is 0 Å². The van der Waals surface area contributed by atoms with Gasteiger partial charge in [-0.3, -0.25) is 0 Å². The average Bonchev–Trinajstić information content (AvgIpc) is 3.45. The number of hydrogen-bond acceptors (Lipinski definition) is 0. The standard InChI is InChI=1S/2C16H12F.C2H7Si.2ClH.Zr/c2*1-11-8-12-5-3-7-15(16(12)9-11)13-4-2-6-14(17)10-13;1-3-2;;;/h2*2-10H,1H3;3H,1-2H3;2*1H;/q;;;;;+2/p-2. The molecule has 4 aromatic rings. The first kappa shape index (κ1) is 28.0. The molecule has 203 valence electrons. The van der Waals surface area contributed by atoms with Crippen LogP contribution in [0.1, 0.15) is 43.4 Å². The van der Waals surface area contributed by atoms with Crippen LogP contribution in [0.3, 0.4) is 0 Å². The van der Waals surface area contributed by atoms with Crippen LogP contribution in [0.15, 0.2) is 96.1 Å². The third kappa shape index (κ3) is 4.21. The van der Waals surface area contributed by atoms with Gasteiger partial charge in [-0.25, -0.2) is 0 Å². The molecular formula is C34H31Cl2F2SiZr. The second kappa shape index (κ2) is 10.0. The molecule has 2 unspecified atom stereocenters. The van der Waals surface area contributed by atoms with E-state index >= 15 is 0 Å². The molecule has 40 heavy (non-hydrogen) atoms. The molecule has 0 bridgehead atoms. The quantitative estimate of drug-likeness (QED) is 0.186. The first-order chi connectivity index (χ1) is 19.0. The second-order valence-electron chi connectivity index (χ2n) is 11.7. The Morgan fingerprint density at radius 1 is 0.625 bits per heavy atom. The molecular weight excluding hydrogens is 637 g/mol. The van der Waals surface area contributed by atoms with E-state index in [1.807, 2.05) is 12.1 Å². The third-order valence-electron chi connectivity index (χ3n) is 9.03. The molecule has 0 amide bonds. The van der Waals surface area contributed by atoms with Crippen molar-refractivity contribution in [1.29, 1.82) is 0 Å². The van der Waals surface area contributed by atoms with Crippen LogP contribution in [0, 0.1) is 11.6 Å². The fraction of sp³-hybridized carbons (Fsp3) is 0.176. The fourth-order valence-electron chi connectivity index (χ4n) is 7.22. The number of benzene rings is 4. The van der Waals surface area contributed by atoms with E-state index in [9.17, 15) is 8.78 Å². The van der Waals surface area contributed by atoms with Gasteiger partial charge in [0.15, 0.2) is 0 Å². The molecule has 2 atom stereocenters. The van der Waals surface area contributed by atoms with Gasteiger partial charge in [0.25, 0.3) is 0 Å². The molecule has 0 aromatic heterocycles. The van der Waals surface area contributed by atoms with Gasteiger partial charge < -0.3 is 0 Å². The molecule has 2 aliphatic rings. The molecule has 0 N–H and O–H groups in total. The predicted molar refractivity (Wildman–Crippen MR) is 167 cm³/mol. The molecule has 0 nitrogen and oxygen atoms in total. The van der Waals surface area contributed by atoms with E-state index in [1.165, 1.54) is 34.4 Å². The van der Waals surface area contributed by atoms with Gasteiger partial charge in [-0.05, 0) is 0 Å². The summed E-state index contributed by atoms with van der Waals surface area (Å²) < 4.78 is 28.3. The molecule has 4 aromatic carbocycles. The predicted octanol–water partition coefficient (Wildman–Crippen LogP) is 10.9. The minimum atomic E-state index is -4.81. The number of fused-ring (bicyclic) bond motifs is 2. The van der Waals surface area contributed by atoms with E-state index in [0.29, 0.717) is 0 Å². The van der Waals surface area contributed by atoms with Gasteiger partial charge in [-0.2, -0.15) is 0 Å². The monoisotopic (exact) mass is 665 g/mol. The Kier molecular flexibility index (Phi) is 7.02. The summed E-state index contributed by atoms with van der Waals surface area (Å²) in [6.45, 7) is 8.95. The molecule has 0 fully saturated rings. The van der Waals surface area contributed by atoms with Crippen LogP contribution in [0.2, 0.25) is 13.1 Å². The summed E-state index contributed by atoms with van der Waals surface area (Å²) in [6, 6.07) is 26.1. The first-order valence-electron chi connectivity index (χ1n) is 13.7. The van der Waals surface area contributed by atoms with E-state index in [1.54, 1.807) is 24.3 Å². The van der Waals surface area contributed by atoms with Crippen molar-refractivity contribution in [1.82, 2.24) is 0 Å². The maximum atomic E-state index is 14.2. The van der Waals surface area contributed by atoms with Crippen LogP contribution in [-0.2, 0) is 15.6 Å².